The molecule has 2 N–H and O–H groups in total. The third-order valence-corrected chi connectivity index (χ3v) is 6.70. The normalized spacial score (nSPS) is 12.1. The van der Waals surface area contributed by atoms with Crippen LogP contribution in [0.15, 0.2) is 52.3 Å². The summed E-state index contributed by atoms with van der Waals surface area (Å²) in [6.45, 7) is 2.18. The van der Waals surface area contributed by atoms with E-state index in [4.69, 9.17) is 9.29 Å². The summed E-state index contributed by atoms with van der Waals surface area (Å²) < 4.78 is 69.6. The van der Waals surface area contributed by atoms with Crippen molar-refractivity contribution >= 4 is 20.2 Å². The predicted molar refractivity (Wildman–Crippen MR) is 119 cm³/mol. The molecule has 0 aromatic heterocycles. The number of aryl methyl sites for hydroxylation is 1. The third-order valence-electron chi connectivity index (χ3n) is 4.98. The Kier molecular flexibility index (Phi) is 9.49. The minimum Gasteiger partial charge on any atom is -0.457 e. The van der Waals surface area contributed by atoms with E-state index < -0.39 is 20.2 Å². The molecule has 0 aliphatic heterocycles. The summed E-state index contributed by atoms with van der Waals surface area (Å²) in [7, 11) is -8.63. The van der Waals surface area contributed by atoms with Crippen molar-refractivity contribution in [3.63, 3.8) is 0 Å². The van der Waals surface area contributed by atoms with E-state index in [0.717, 1.165) is 19.3 Å². The molecule has 0 aliphatic carbocycles. The van der Waals surface area contributed by atoms with Crippen LogP contribution < -0.4 is 4.74 Å². The maximum atomic E-state index is 11.5. The standard InChI is InChI=1S/C22H30O7S2/c1-2-3-4-5-6-7-8-9-10-18-17-21(31(26,27)28)15-16-22(18)29-19-11-13-20(14-12-19)30(23,24)25/h11-17H,2-10H2,1H3,(H,23,24,25)(H,26,27,28). The van der Waals surface area contributed by atoms with Crippen LogP contribution in [0.2, 0.25) is 0 Å². The Morgan fingerprint density at radius 1 is 0.710 bits per heavy atom. The largest absolute Gasteiger partial charge is 0.457 e. The summed E-state index contributed by atoms with van der Waals surface area (Å²) in [6, 6.07) is 9.37. The SMILES string of the molecule is CCCCCCCCCCc1cc(S(=O)(=O)O)ccc1Oc1ccc(S(=O)(=O)O)cc1. The molecule has 31 heavy (non-hydrogen) atoms. The monoisotopic (exact) mass is 470 g/mol. The summed E-state index contributed by atoms with van der Waals surface area (Å²) in [5, 5.41) is 0. The number of hydrogen-bond acceptors (Lipinski definition) is 5. The molecular formula is C22H30O7S2. The van der Waals surface area contributed by atoms with E-state index in [1.807, 2.05) is 0 Å². The zero-order valence-corrected chi connectivity index (χ0v) is 19.3. The van der Waals surface area contributed by atoms with Gasteiger partial charge in [0, 0.05) is 0 Å². The van der Waals surface area contributed by atoms with E-state index in [0.29, 0.717) is 23.5 Å². The highest BCUT2D eigenvalue weighted by molar-refractivity contribution is 7.86. The zero-order valence-electron chi connectivity index (χ0n) is 17.7. The van der Waals surface area contributed by atoms with Crippen LogP contribution >= 0.6 is 0 Å². The lowest BCUT2D eigenvalue weighted by atomic mass is 10.0. The van der Waals surface area contributed by atoms with Gasteiger partial charge in [-0.25, -0.2) is 0 Å². The molecule has 0 fully saturated rings. The molecular weight excluding hydrogens is 440 g/mol. The van der Waals surface area contributed by atoms with Gasteiger partial charge in [0.1, 0.15) is 11.5 Å². The summed E-state index contributed by atoms with van der Waals surface area (Å²) in [6.07, 6.45) is 9.66. The van der Waals surface area contributed by atoms with Gasteiger partial charge in [0.05, 0.1) is 9.79 Å². The molecule has 2 rings (SSSR count). The van der Waals surface area contributed by atoms with Gasteiger partial charge < -0.3 is 4.74 Å². The zero-order chi connectivity index (χ0) is 22.9. The Hall–Kier alpha value is -1.94. The summed E-state index contributed by atoms with van der Waals surface area (Å²) >= 11 is 0. The van der Waals surface area contributed by atoms with E-state index in [-0.39, 0.29) is 9.79 Å². The predicted octanol–water partition coefficient (Wildman–Crippen LogP) is 5.66. The van der Waals surface area contributed by atoms with Gasteiger partial charge in [-0.2, -0.15) is 16.8 Å². The van der Waals surface area contributed by atoms with Gasteiger partial charge in [0.2, 0.25) is 0 Å². The van der Waals surface area contributed by atoms with E-state index in [1.165, 1.54) is 74.6 Å². The Morgan fingerprint density at radius 3 is 1.77 bits per heavy atom. The fourth-order valence-corrected chi connectivity index (χ4v) is 4.28. The van der Waals surface area contributed by atoms with Crippen molar-refractivity contribution in [2.24, 2.45) is 0 Å². The first-order chi connectivity index (χ1) is 14.6. The van der Waals surface area contributed by atoms with Gasteiger partial charge >= 0.3 is 0 Å². The average molecular weight is 471 g/mol. The van der Waals surface area contributed by atoms with E-state index in [2.05, 4.69) is 6.92 Å². The second-order valence-corrected chi connectivity index (χ2v) is 10.4. The second-order valence-electron chi connectivity index (χ2n) is 7.52. The van der Waals surface area contributed by atoms with Crippen LogP contribution in [-0.2, 0) is 26.7 Å². The van der Waals surface area contributed by atoms with Crippen molar-refractivity contribution in [3.8, 4) is 11.5 Å². The number of hydrogen-bond donors (Lipinski definition) is 2. The fraction of sp³-hybridized carbons (Fsp3) is 0.455. The van der Waals surface area contributed by atoms with Gasteiger partial charge in [-0.1, -0.05) is 51.9 Å². The molecule has 0 radical (unpaired) electrons. The Morgan fingerprint density at radius 2 is 1.23 bits per heavy atom. The highest BCUT2D eigenvalue weighted by atomic mass is 32.2. The average Bonchev–Trinajstić information content (AvgIpc) is 2.70. The summed E-state index contributed by atoms with van der Waals surface area (Å²) in [4.78, 5) is -0.447. The van der Waals surface area contributed by atoms with Gasteiger partial charge in [0.25, 0.3) is 20.2 Å². The van der Waals surface area contributed by atoms with E-state index >= 15 is 0 Å². The molecule has 0 saturated carbocycles. The molecule has 2 aromatic carbocycles. The van der Waals surface area contributed by atoms with Crippen LogP contribution in [-0.4, -0.2) is 25.9 Å². The van der Waals surface area contributed by atoms with Crippen LogP contribution in [0, 0.1) is 0 Å². The van der Waals surface area contributed by atoms with Crippen LogP contribution in [0.4, 0.5) is 0 Å². The van der Waals surface area contributed by atoms with Gasteiger partial charge in [-0.05, 0) is 60.9 Å². The number of ether oxygens (including phenoxy) is 1. The topological polar surface area (TPSA) is 118 Å². The number of rotatable bonds is 13. The molecule has 0 amide bonds. The fourth-order valence-electron chi connectivity index (χ4n) is 3.27. The van der Waals surface area contributed by atoms with Crippen molar-refractivity contribution in [3.05, 3.63) is 48.0 Å². The lowest BCUT2D eigenvalue weighted by Crippen LogP contribution is -2.01. The molecule has 0 aliphatic rings. The Labute approximate surface area is 185 Å². The Balaban J connectivity index is 2.08. The molecule has 0 unspecified atom stereocenters. The maximum absolute atomic E-state index is 11.5. The molecule has 0 spiro atoms. The van der Waals surface area contributed by atoms with Gasteiger partial charge in [0.15, 0.2) is 0 Å². The third kappa shape index (κ3) is 8.60. The molecule has 0 heterocycles. The minimum absolute atomic E-state index is 0.198. The van der Waals surface area contributed by atoms with Crippen molar-refractivity contribution in [1.29, 1.82) is 0 Å². The first-order valence-electron chi connectivity index (χ1n) is 10.5. The van der Waals surface area contributed by atoms with Crippen LogP contribution in [0.3, 0.4) is 0 Å². The van der Waals surface area contributed by atoms with Crippen molar-refractivity contribution < 1.29 is 30.7 Å². The van der Waals surface area contributed by atoms with Crippen molar-refractivity contribution in [2.75, 3.05) is 0 Å². The molecule has 0 saturated heterocycles. The van der Waals surface area contributed by atoms with E-state index in [9.17, 15) is 21.4 Å². The molecule has 2 aromatic rings. The summed E-state index contributed by atoms with van der Waals surface area (Å²) in [5.74, 6) is 0.763. The maximum Gasteiger partial charge on any atom is 0.294 e. The molecule has 0 bridgehead atoms. The van der Waals surface area contributed by atoms with E-state index in [1.54, 1.807) is 0 Å². The second kappa shape index (κ2) is 11.6. The van der Waals surface area contributed by atoms with Crippen LogP contribution in [0.5, 0.6) is 11.5 Å². The minimum atomic E-state index is -4.34. The molecule has 172 valence electrons. The lowest BCUT2D eigenvalue weighted by Gasteiger charge is -2.13. The van der Waals surface area contributed by atoms with Crippen LogP contribution in [0.25, 0.3) is 0 Å². The van der Waals surface area contributed by atoms with Gasteiger partial charge in [-0.3, -0.25) is 9.11 Å². The smallest absolute Gasteiger partial charge is 0.294 e. The van der Waals surface area contributed by atoms with Crippen molar-refractivity contribution in [2.45, 2.75) is 74.5 Å². The van der Waals surface area contributed by atoms with Crippen molar-refractivity contribution in [1.82, 2.24) is 0 Å². The molecule has 9 heteroatoms. The van der Waals surface area contributed by atoms with Gasteiger partial charge in [-0.15, -0.1) is 0 Å². The highest BCUT2D eigenvalue weighted by Gasteiger charge is 2.15. The first-order valence-corrected chi connectivity index (χ1v) is 13.3. The van der Waals surface area contributed by atoms with Crippen LogP contribution in [0.1, 0.15) is 63.9 Å². The molecule has 7 nitrogen and oxygen atoms in total. The highest BCUT2D eigenvalue weighted by Crippen LogP contribution is 2.30. The lowest BCUT2D eigenvalue weighted by molar-refractivity contribution is 0.469. The summed E-state index contributed by atoms with van der Waals surface area (Å²) in [5.41, 5.74) is 0.639. The number of unbranched alkanes of at least 4 members (excludes halogenated alkanes) is 7. The first kappa shape index (κ1) is 25.3. The Bertz CT molecular complexity index is 1040. The molecule has 0 atom stereocenters. The number of benzene rings is 2. The quantitative estimate of drug-likeness (QED) is 0.287.